The van der Waals surface area contributed by atoms with E-state index in [2.05, 4.69) is 15.3 Å². The predicted octanol–water partition coefficient (Wildman–Crippen LogP) is 2.10. The van der Waals surface area contributed by atoms with Crippen LogP contribution in [0.1, 0.15) is 38.3 Å². The van der Waals surface area contributed by atoms with Crippen LogP contribution in [0.4, 0.5) is 19.1 Å². The van der Waals surface area contributed by atoms with E-state index < -0.39 is 17.3 Å². The molecule has 1 aromatic rings. The van der Waals surface area contributed by atoms with Crippen LogP contribution >= 0.6 is 0 Å². The number of nitrogens with one attached hydrogen (secondary N) is 1. The Balaban J connectivity index is 1.31. The van der Waals surface area contributed by atoms with Crippen molar-refractivity contribution in [3.05, 3.63) is 18.0 Å². The third-order valence-electron chi connectivity index (χ3n) is 7.10. The fourth-order valence-corrected chi connectivity index (χ4v) is 5.16. The number of alkyl halides is 3. The number of halogens is 3. The maximum Gasteiger partial charge on any atom is 0.433 e. The Kier molecular flexibility index (Phi) is 7.11. The fraction of sp³-hybridized carbons (Fsp3) is 0.773. The van der Waals surface area contributed by atoms with Crippen molar-refractivity contribution in [1.82, 2.24) is 20.2 Å². The van der Waals surface area contributed by atoms with Crippen LogP contribution in [0.2, 0.25) is 0 Å². The lowest BCUT2D eigenvalue weighted by atomic mass is 9.86. The average Bonchev–Trinajstić information content (AvgIpc) is 3.20. The van der Waals surface area contributed by atoms with Gasteiger partial charge in [-0.05, 0) is 31.7 Å². The van der Waals surface area contributed by atoms with E-state index in [0.29, 0.717) is 39.4 Å². The molecule has 0 aromatic carbocycles. The number of aromatic nitrogens is 2. The van der Waals surface area contributed by atoms with Crippen LogP contribution in [-0.2, 0) is 20.4 Å². The van der Waals surface area contributed by atoms with Crippen molar-refractivity contribution in [2.75, 3.05) is 51.4 Å². The van der Waals surface area contributed by atoms with E-state index in [9.17, 15) is 18.0 Å². The minimum atomic E-state index is -4.51. The van der Waals surface area contributed by atoms with E-state index in [4.69, 9.17) is 9.47 Å². The van der Waals surface area contributed by atoms with E-state index in [1.54, 1.807) is 12.0 Å². The molecule has 33 heavy (non-hydrogen) atoms. The molecule has 2 unspecified atom stereocenters. The summed E-state index contributed by atoms with van der Waals surface area (Å²) in [5.41, 5.74) is -1.40. The second-order valence-electron chi connectivity index (χ2n) is 9.43. The van der Waals surface area contributed by atoms with Gasteiger partial charge in [-0.3, -0.25) is 4.79 Å². The molecule has 1 saturated carbocycles. The Morgan fingerprint density at radius 2 is 2.03 bits per heavy atom. The lowest BCUT2D eigenvalue weighted by Gasteiger charge is -2.39. The highest BCUT2D eigenvalue weighted by Crippen LogP contribution is 2.40. The molecule has 0 radical (unpaired) electrons. The van der Waals surface area contributed by atoms with Gasteiger partial charge in [0, 0.05) is 63.6 Å². The number of hydrogen-bond donors (Lipinski definition) is 1. The highest BCUT2D eigenvalue weighted by atomic mass is 19.4. The summed E-state index contributed by atoms with van der Waals surface area (Å²) in [6.07, 6.45) is 0.0190. The maximum atomic E-state index is 13.4. The number of nitrogens with zero attached hydrogens (tertiary/aromatic N) is 4. The largest absolute Gasteiger partial charge is 0.433 e. The summed E-state index contributed by atoms with van der Waals surface area (Å²) in [4.78, 5) is 24.6. The molecule has 3 fully saturated rings. The maximum absolute atomic E-state index is 13.4. The molecule has 2 aliphatic heterocycles. The minimum absolute atomic E-state index is 0.0208. The van der Waals surface area contributed by atoms with Crippen molar-refractivity contribution >= 4 is 11.9 Å². The van der Waals surface area contributed by atoms with Gasteiger partial charge in [-0.1, -0.05) is 6.92 Å². The van der Waals surface area contributed by atoms with Crippen molar-refractivity contribution in [2.45, 2.75) is 57.0 Å². The second-order valence-corrected chi connectivity index (χ2v) is 9.43. The molecule has 1 amide bonds. The number of methoxy groups -OCH3 is 1. The smallest absolute Gasteiger partial charge is 0.379 e. The second kappa shape index (κ2) is 9.71. The third kappa shape index (κ3) is 5.41. The molecule has 1 N–H and O–H groups in total. The van der Waals surface area contributed by atoms with E-state index in [-0.39, 0.29) is 30.0 Å². The van der Waals surface area contributed by atoms with Crippen LogP contribution in [0.5, 0.6) is 0 Å². The van der Waals surface area contributed by atoms with Gasteiger partial charge >= 0.3 is 6.18 Å². The zero-order valence-corrected chi connectivity index (χ0v) is 19.1. The molecular formula is C22H32F3N5O3. The number of amides is 1. The van der Waals surface area contributed by atoms with Crippen molar-refractivity contribution in [2.24, 2.45) is 5.41 Å². The number of hydrogen-bond acceptors (Lipinski definition) is 7. The number of piperazine rings is 1. The lowest BCUT2D eigenvalue weighted by molar-refractivity contribution is -0.141. The number of rotatable bonds is 5. The van der Waals surface area contributed by atoms with E-state index in [0.717, 1.165) is 37.9 Å². The van der Waals surface area contributed by atoms with Crippen molar-refractivity contribution < 1.29 is 27.4 Å². The Labute approximate surface area is 191 Å². The molecule has 3 aliphatic rings. The van der Waals surface area contributed by atoms with Gasteiger partial charge in [0.05, 0.1) is 12.7 Å². The number of carbonyl (C=O) groups excluding carboxylic acids is 1. The van der Waals surface area contributed by atoms with Crippen molar-refractivity contribution in [3.8, 4) is 0 Å². The molecule has 4 atom stereocenters. The Hall–Kier alpha value is -1.98. The summed E-state index contributed by atoms with van der Waals surface area (Å²) >= 11 is 0. The van der Waals surface area contributed by atoms with Gasteiger partial charge in [0.2, 0.25) is 11.9 Å². The van der Waals surface area contributed by atoms with E-state index in [1.807, 2.05) is 11.8 Å². The lowest BCUT2D eigenvalue weighted by Crippen LogP contribution is -2.53. The van der Waals surface area contributed by atoms with Gasteiger partial charge in [-0.15, -0.1) is 0 Å². The molecule has 184 valence electrons. The molecule has 2 saturated heterocycles. The van der Waals surface area contributed by atoms with Gasteiger partial charge in [0.25, 0.3) is 0 Å². The first-order valence-electron chi connectivity index (χ1n) is 11.5. The Morgan fingerprint density at radius 3 is 2.73 bits per heavy atom. The van der Waals surface area contributed by atoms with Gasteiger partial charge in [-0.2, -0.15) is 13.2 Å². The molecule has 8 nitrogen and oxygen atoms in total. The number of ether oxygens (including phenoxy) is 2. The molecule has 0 spiro atoms. The van der Waals surface area contributed by atoms with Crippen LogP contribution in [0.25, 0.3) is 0 Å². The van der Waals surface area contributed by atoms with Gasteiger partial charge in [0.15, 0.2) is 0 Å². The first kappa shape index (κ1) is 24.2. The first-order chi connectivity index (χ1) is 15.7. The monoisotopic (exact) mass is 471 g/mol. The molecular weight excluding hydrogens is 439 g/mol. The summed E-state index contributed by atoms with van der Waals surface area (Å²) in [7, 11) is 1.69. The SMILES string of the molecule is CO[C@@H]1COCCC1N[C@@H]1CCC(C)(C(=O)N2CCN(c3nccc(C(F)(F)F)n3)CC2)C1. The van der Waals surface area contributed by atoms with Crippen LogP contribution in [0.3, 0.4) is 0 Å². The highest BCUT2D eigenvalue weighted by molar-refractivity contribution is 5.83. The van der Waals surface area contributed by atoms with Crippen LogP contribution < -0.4 is 10.2 Å². The van der Waals surface area contributed by atoms with E-state index >= 15 is 0 Å². The molecule has 1 aromatic heterocycles. The van der Waals surface area contributed by atoms with Crippen LogP contribution in [-0.4, -0.2) is 85.5 Å². The standard InChI is InChI=1S/C22H32F3N5O3/c1-21(6-3-15(13-21)27-16-5-12-33-14-17(16)32-2)19(31)29-8-10-30(11-9-29)20-26-7-4-18(28-20)22(23,24)25/h4,7,15-17,27H,3,5-6,8-14H2,1-2H3/t15-,16?,17-,21?/m1/s1. The molecule has 4 rings (SSSR count). The van der Waals surface area contributed by atoms with Crippen LogP contribution in [0.15, 0.2) is 12.3 Å². The van der Waals surface area contributed by atoms with Crippen molar-refractivity contribution in [1.29, 1.82) is 0 Å². The molecule has 3 heterocycles. The quantitative estimate of drug-likeness (QED) is 0.705. The number of carbonyl (C=O) groups is 1. The van der Waals surface area contributed by atoms with Gasteiger partial charge < -0.3 is 24.6 Å². The molecule has 11 heteroatoms. The van der Waals surface area contributed by atoms with Gasteiger partial charge in [0.1, 0.15) is 5.69 Å². The zero-order chi connectivity index (χ0) is 23.6. The summed E-state index contributed by atoms with van der Waals surface area (Å²) < 4.78 is 49.9. The number of anilines is 1. The summed E-state index contributed by atoms with van der Waals surface area (Å²) in [6.45, 7) is 5.01. The van der Waals surface area contributed by atoms with Gasteiger partial charge in [-0.25, -0.2) is 9.97 Å². The summed E-state index contributed by atoms with van der Waals surface area (Å²) in [6, 6.07) is 1.34. The van der Waals surface area contributed by atoms with Crippen molar-refractivity contribution in [3.63, 3.8) is 0 Å². The third-order valence-corrected chi connectivity index (χ3v) is 7.10. The summed E-state index contributed by atoms with van der Waals surface area (Å²) in [5, 5.41) is 3.69. The highest BCUT2D eigenvalue weighted by Gasteiger charge is 2.45. The molecule has 0 bridgehead atoms. The fourth-order valence-electron chi connectivity index (χ4n) is 5.16. The Bertz CT molecular complexity index is 834. The first-order valence-corrected chi connectivity index (χ1v) is 11.5. The van der Waals surface area contributed by atoms with Crippen LogP contribution in [0, 0.1) is 5.41 Å². The predicted molar refractivity (Wildman–Crippen MR) is 115 cm³/mol. The van der Waals surface area contributed by atoms with E-state index in [1.165, 1.54) is 0 Å². The minimum Gasteiger partial charge on any atom is -0.379 e. The Morgan fingerprint density at radius 1 is 1.27 bits per heavy atom. The normalized spacial score (nSPS) is 31.1. The topological polar surface area (TPSA) is 79.8 Å². The molecule has 1 aliphatic carbocycles. The average molecular weight is 472 g/mol. The zero-order valence-electron chi connectivity index (χ0n) is 19.1. The summed E-state index contributed by atoms with van der Waals surface area (Å²) in [5.74, 6) is 0.170.